The second-order valence-corrected chi connectivity index (χ2v) is 3.44. The van der Waals surface area contributed by atoms with Crippen molar-refractivity contribution in [2.45, 2.75) is 12.5 Å². The molecule has 0 fully saturated rings. The Hall–Kier alpha value is -2.55. The van der Waals surface area contributed by atoms with Crippen LogP contribution in [0.15, 0.2) is 30.3 Å². The van der Waals surface area contributed by atoms with E-state index in [2.05, 4.69) is 9.47 Å². The highest BCUT2D eigenvalue weighted by molar-refractivity contribution is 5.87. The average Bonchev–Trinajstić information content (AvgIpc) is 2.45. The predicted molar refractivity (Wildman–Crippen MR) is 63.9 cm³/mol. The monoisotopic (exact) mass is 263 g/mol. The summed E-state index contributed by atoms with van der Waals surface area (Å²) in [6.45, 7) is 1.65. The van der Waals surface area contributed by atoms with Crippen molar-refractivity contribution in [3.05, 3.63) is 35.9 Å². The highest BCUT2D eigenvalue weighted by Crippen LogP contribution is 2.27. The third-order valence-corrected chi connectivity index (χ3v) is 2.31. The smallest absolute Gasteiger partial charge is 0.465 e. The molecular formula is C13H13NO5. The van der Waals surface area contributed by atoms with E-state index in [1.807, 2.05) is 0 Å². The number of nitriles is 1. The van der Waals surface area contributed by atoms with Crippen molar-refractivity contribution in [2.75, 3.05) is 13.7 Å². The Labute approximate surface area is 110 Å². The number of rotatable bonds is 4. The molecule has 0 saturated heterocycles. The second-order valence-electron chi connectivity index (χ2n) is 3.44. The van der Waals surface area contributed by atoms with Gasteiger partial charge in [0, 0.05) is 5.56 Å². The van der Waals surface area contributed by atoms with Gasteiger partial charge < -0.3 is 14.2 Å². The number of carbonyl (C=O) groups is 2. The van der Waals surface area contributed by atoms with Crippen LogP contribution in [0.1, 0.15) is 12.5 Å². The first kappa shape index (κ1) is 14.5. The molecule has 0 aliphatic heterocycles. The van der Waals surface area contributed by atoms with Crippen LogP contribution in [0, 0.1) is 11.3 Å². The van der Waals surface area contributed by atoms with Crippen molar-refractivity contribution in [3.63, 3.8) is 0 Å². The summed E-state index contributed by atoms with van der Waals surface area (Å²) in [7, 11) is 1.10. The number of methoxy groups -OCH3 is 1. The summed E-state index contributed by atoms with van der Waals surface area (Å²) in [5.74, 6) is -0.991. The van der Waals surface area contributed by atoms with Crippen molar-refractivity contribution < 1.29 is 23.8 Å². The Balaban J connectivity index is 3.21. The van der Waals surface area contributed by atoms with Gasteiger partial charge >= 0.3 is 17.7 Å². The molecule has 0 radical (unpaired) electrons. The Morgan fingerprint density at radius 2 is 1.95 bits per heavy atom. The van der Waals surface area contributed by atoms with Crippen LogP contribution in [0.3, 0.4) is 0 Å². The first-order valence-corrected chi connectivity index (χ1v) is 5.51. The van der Waals surface area contributed by atoms with Crippen LogP contribution in [-0.2, 0) is 24.6 Å². The quantitative estimate of drug-likeness (QED) is 0.769. The Bertz CT molecular complexity index is 494. The summed E-state index contributed by atoms with van der Waals surface area (Å²) >= 11 is 0. The first-order valence-electron chi connectivity index (χ1n) is 5.51. The van der Waals surface area contributed by atoms with Crippen LogP contribution in [0.4, 0.5) is 4.79 Å². The molecule has 1 aromatic carbocycles. The SMILES string of the molecule is CCOC(=O)OC(C#N)(C(=O)OC)c1ccccc1. The maximum atomic E-state index is 11.8. The van der Waals surface area contributed by atoms with Crippen molar-refractivity contribution in [1.82, 2.24) is 0 Å². The van der Waals surface area contributed by atoms with Crippen LogP contribution in [0.25, 0.3) is 0 Å². The number of ether oxygens (including phenoxy) is 3. The average molecular weight is 263 g/mol. The molecule has 0 heterocycles. The van der Waals surface area contributed by atoms with Gasteiger partial charge in [0.2, 0.25) is 0 Å². The molecule has 100 valence electrons. The number of nitrogens with zero attached hydrogens (tertiary/aromatic N) is 1. The summed E-state index contributed by atoms with van der Waals surface area (Å²) in [5, 5.41) is 9.26. The molecule has 0 aromatic heterocycles. The van der Waals surface area contributed by atoms with Crippen molar-refractivity contribution >= 4 is 12.1 Å². The van der Waals surface area contributed by atoms with Gasteiger partial charge in [-0.2, -0.15) is 5.26 Å². The molecule has 1 atom stereocenters. The van der Waals surface area contributed by atoms with Crippen LogP contribution < -0.4 is 0 Å². The molecule has 19 heavy (non-hydrogen) atoms. The molecule has 1 unspecified atom stereocenters. The topological polar surface area (TPSA) is 85.6 Å². The fourth-order valence-corrected chi connectivity index (χ4v) is 1.44. The zero-order valence-electron chi connectivity index (χ0n) is 10.6. The lowest BCUT2D eigenvalue weighted by atomic mass is 9.95. The van der Waals surface area contributed by atoms with Crippen molar-refractivity contribution in [3.8, 4) is 6.07 Å². The maximum absolute atomic E-state index is 11.8. The number of hydrogen-bond acceptors (Lipinski definition) is 6. The van der Waals surface area contributed by atoms with Gasteiger partial charge in [-0.25, -0.2) is 9.59 Å². The third-order valence-electron chi connectivity index (χ3n) is 2.31. The lowest BCUT2D eigenvalue weighted by molar-refractivity contribution is -0.159. The van der Waals surface area contributed by atoms with Crippen LogP contribution in [0.2, 0.25) is 0 Å². The molecule has 0 spiro atoms. The number of hydrogen-bond donors (Lipinski definition) is 0. The molecule has 1 aromatic rings. The van der Waals surface area contributed by atoms with Crippen molar-refractivity contribution in [1.29, 1.82) is 5.26 Å². The van der Waals surface area contributed by atoms with E-state index in [-0.39, 0.29) is 12.2 Å². The van der Waals surface area contributed by atoms with Gasteiger partial charge in [0.15, 0.2) is 0 Å². The van der Waals surface area contributed by atoms with E-state index < -0.39 is 17.7 Å². The summed E-state index contributed by atoms with van der Waals surface area (Å²) in [6.07, 6.45) is -1.11. The summed E-state index contributed by atoms with van der Waals surface area (Å²) < 4.78 is 14.0. The van der Waals surface area contributed by atoms with E-state index in [4.69, 9.17) is 4.74 Å². The highest BCUT2D eigenvalue weighted by atomic mass is 16.7. The van der Waals surface area contributed by atoms with E-state index in [0.717, 1.165) is 7.11 Å². The number of benzene rings is 1. The minimum atomic E-state index is -2.16. The zero-order chi connectivity index (χ0) is 14.3. The lowest BCUT2D eigenvalue weighted by Gasteiger charge is -2.23. The normalized spacial score (nSPS) is 12.7. The Morgan fingerprint density at radius 3 is 2.42 bits per heavy atom. The summed E-state index contributed by atoms with van der Waals surface area (Å²) in [5.41, 5.74) is -1.97. The molecule has 6 nitrogen and oxygen atoms in total. The fraction of sp³-hybridized carbons (Fsp3) is 0.308. The molecule has 0 amide bonds. The maximum Gasteiger partial charge on any atom is 0.510 e. The van der Waals surface area contributed by atoms with Gasteiger partial charge in [-0.05, 0) is 6.92 Å². The molecule has 0 bridgehead atoms. The van der Waals surface area contributed by atoms with E-state index in [9.17, 15) is 14.9 Å². The fourth-order valence-electron chi connectivity index (χ4n) is 1.44. The molecule has 6 heteroatoms. The Kier molecular flexibility index (Phi) is 4.89. The van der Waals surface area contributed by atoms with Gasteiger partial charge in [-0.1, -0.05) is 30.3 Å². The van der Waals surface area contributed by atoms with Crippen LogP contribution >= 0.6 is 0 Å². The van der Waals surface area contributed by atoms with E-state index in [1.54, 1.807) is 31.2 Å². The Morgan fingerprint density at radius 1 is 1.32 bits per heavy atom. The predicted octanol–water partition coefficient (Wildman–Crippen LogP) is 1.75. The standard InChI is InChI=1S/C13H13NO5/c1-3-18-12(16)19-13(9-14,11(15)17-2)10-7-5-4-6-8-10/h4-8H,3H2,1-2H3. The first-order chi connectivity index (χ1) is 9.10. The minimum Gasteiger partial charge on any atom is -0.465 e. The second kappa shape index (κ2) is 6.40. The number of esters is 1. The molecule has 1 rings (SSSR count). The largest absolute Gasteiger partial charge is 0.510 e. The van der Waals surface area contributed by atoms with Gasteiger partial charge in [0.1, 0.15) is 6.07 Å². The van der Waals surface area contributed by atoms with E-state index in [0.29, 0.717) is 0 Å². The zero-order valence-corrected chi connectivity index (χ0v) is 10.6. The van der Waals surface area contributed by atoms with E-state index in [1.165, 1.54) is 12.1 Å². The van der Waals surface area contributed by atoms with Crippen LogP contribution in [0.5, 0.6) is 0 Å². The van der Waals surface area contributed by atoms with Gasteiger partial charge in [-0.15, -0.1) is 0 Å². The summed E-state index contributed by atoms with van der Waals surface area (Å²) in [4.78, 5) is 23.2. The van der Waals surface area contributed by atoms with Gasteiger partial charge in [0.25, 0.3) is 0 Å². The van der Waals surface area contributed by atoms with E-state index >= 15 is 0 Å². The molecule has 0 aliphatic rings. The summed E-state index contributed by atoms with van der Waals surface area (Å²) in [6, 6.07) is 9.57. The highest BCUT2D eigenvalue weighted by Gasteiger charge is 2.47. The van der Waals surface area contributed by atoms with Crippen LogP contribution in [-0.4, -0.2) is 25.8 Å². The van der Waals surface area contributed by atoms with Gasteiger partial charge in [-0.3, -0.25) is 0 Å². The third kappa shape index (κ3) is 3.01. The number of carbonyl (C=O) groups excluding carboxylic acids is 2. The minimum absolute atomic E-state index is 0.0658. The van der Waals surface area contributed by atoms with Crippen molar-refractivity contribution in [2.24, 2.45) is 0 Å². The van der Waals surface area contributed by atoms with Gasteiger partial charge in [0.05, 0.1) is 13.7 Å². The molecule has 0 aliphatic carbocycles. The molecular weight excluding hydrogens is 250 g/mol. The lowest BCUT2D eigenvalue weighted by Crippen LogP contribution is -2.40. The molecule has 0 N–H and O–H groups in total. The molecule has 0 saturated carbocycles.